The molecule has 1 heteroatoms. The summed E-state index contributed by atoms with van der Waals surface area (Å²) in [6.07, 6.45) is 0. The van der Waals surface area contributed by atoms with Gasteiger partial charge in [0, 0.05) is 12.1 Å². The lowest BCUT2D eigenvalue weighted by Gasteiger charge is -2.02. The van der Waals surface area contributed by atoms with E-state index in [1.165, 1.54) is 17.0 Å². The van der Waals surface area contributed by atoms with Gasteiger partial charge in [-0.3, -0.25) is 0 Å². The molecule has 0 nitrogen and oxygen atoms in total. The Morgan fingerprint density at radius 1 is 0.857 bits per heavy atom. The molecule has 0 heterocycles. The Balaban J connectivity index is 1.91. The van der Waals surface area contributed by atoms with Crippen LogP contribution in [0, 0.1) is 23.3 Å². The summed E-state index contributed by atoms with van der Waals surface area (Å²) in [6.45, 7) is 6.92. The maximum absolute atomic E-state index is 3.57. The molecule has 1 fully saturated rings. The van der Waals surface area contributed by atoms with E-state index in [9.17, 15) is 0 Å². The van der Waals surface area contributed by atoms with Crippen LogP contribution in [0.25, 0.3) is 0 Å². The normalized spacial score (nSPS) is 20.6. The molecule has 2 unspecified atom stereocenters. The Kier molecular flexibility index (Phi) is 3.65. The highest BCUT2D eigenvalue weighted by Crippen LogP contribution is 2.59. The van der Waals surface area contributed by atoms with Crippen molar-refractivity contribution in [1.82, 2.24) is 0 Å². The van der Waals surface area contributed by atoms with Crippen LogP contribution in [0.2, 0.25) is 19.6 Å². The monoisotopic (exact) mass is 289 g/mol. The van der Waals surface area contributed by atoms with Crippen LogP contribution < -0.4 is 0 Å². The number of hydrogen-bond acceptors (Lipinski definition) is 0. The van der Waals surface area contributed by atoms with E-state index in [2.05, 4.69) is 91.8 Å². The molecule has 2 aromatic carbocycles. The SMILES string of the molecule is C[Si](C)(C)C#CC1[C+](c2ccccc2)C1c1ccccc1. The van der Waals surface area contributed by atoms with Crippen molar-refractivity contribution < 1.29 is 0 Å². The highest BCUT2D eigenvalue weighted by atomic mass is 28.3. The van der Waals surface area contributed by atoms with Crippen molar-refractivity contribution >= 4 is 8.07 Å². The van der Waals surface area contributed by atoms with Crippen LogP contribution in [0.4, 0.5) is 0 Å². The average molecular weight is 289 g/mol. The van der Waals surface area contributed by atoms with Crippen LogP contribution in [0.15, 0.2) is 60.7 Å². The first kappa shape index (κ1) is 14.0. The molecule has 1 aliphatic rings. The van der Waals surface area contributed by atoms with Gasteiger partial charge < -0.3 is 0 Å². The molecule has 0 saturated heterocycles. The fourth-order valence-corrected chi connectivity index (χ4v) is 3.33. The predicted molar refractivity (Wildman–Crippen MR) is 92.6 cm³/mol. The van der Waals surface area contributed by atoms with Gasteiger partial charge in [-0.05, 0) is 23.8 Å². The first-order valence-electron chi connectivity index (χ1n) is 7.56. The van der Waals surface area contributed by atoms with E-state index in [4.69, 9.17) is 0 Å². The summed E-state index contributed by atoms with van der Waals surface area (Å²) in [5.41, 5.74) is 6.29. The van der Waals surface area contributed by atoms with Crippen molar-refractivity contribution in [2.24, 2.45) is 5.92 Å². The van der Waals surface area contributed by atoms with Crippen molar-refractivity contribution in [2.45, 2.75) is 25.6 Å². The molecule has 2 aromatic rings. The third-order valence-electron chi connectivity index (χ3n) is 3.76. The second-order valence-electron chi connectivity index (χ2n) is 6.71. The summed E-state index contributed by atoms with van der Waals surface area (Å²) < 4.78 is 0. The summed E-state index contributed by atoms with van der Waals surface area (Å²) in [5.74, 6) is 5.95. The highest BCUT2D eigenvalue weighted by molar-refractivity contribution is 6.83. The minimum absolute atomic E-state index is 0.404. The van der Waals surface area contributed by atoms with Crippen molar-refractivity contribution in [3.63, 3.8) is 0 Å². The van der Waals surface area contributed by atoms with E-state index in [1.54, 1.807) is 0 Å². The summed E-state index contributed by atoms with van der Waals surface area (Å²) in [5, 5.41) is 0. The fourth-order valence-electron chi connectivity index (χ4n) is 2.74. The molecule has 1 aliphatic carbocycles. The number of rotatable bonds is 2. The van der Waals surface area contributed by atoms with Crippen LogP contribution in [0.1, 0.15) is 17.0 Å². The summed E-state index contributed by atoms with van der Waals surface area (Å²) >= 11 is 0. The molecule has 0 amide bonds. The highest BCUT2D eigenvalue weighted by Gasteiger charge is 2.57. The lowest BCUT2D eigenvalue weighted by Crippen LogP contribution is -2.16. The van der Waals surface area contributed by atoms with Crippen molar-refractivity contribution in [1.29, 1.82) is 0 Å². The number of benzene rings is 2. The molecule has 2 atom stereocenters. The minimum Gasteiger partial charge on any atom is -0.130 e. The van der Waals surface area contributed by atoms with Crippen LogP contribution in [-0.4, -0.2) is 8.07 Å². The van der Waals surface area contributed by atoms with Crippen molar-refractivity contribution in [3.8, 4) is 11.5 Å². The molecule has 0 aliphatic heterocycles. The van der Waals surface area contributed by atoms with Gasteiger partial charge in [0.05, 0.1) is 11.8 Å². The molecule has 0 radical (unpaired) electrons. The molecule has 0 N–H and O–H groups in total. The zero-order chi connectivity index (χ0) is 14.9. The Morgan fingerprint density at radius 3 is 2.00 bits per heavy atom. The molecule has 3 rings (SSSR count). The van der Waals surface area contributed by atoms with Gasteiger partial charge in [-0.2, -0.15) is 0 Å². The van der Waals surface area contributed by atoms with Crippen LogP contribution in [0.5, 0.6) is 0 Å². The van der Waals surface area contributed by atoms with E-state index < -0.39 is 8.07 Å². The average Bonchev–Trinajstić information content (AvgIpc) is 3.21. The van der Waals surface area contributed by atoms with E-state index in [1.807, 2.05) is 0 Å². The number of hydrogen-bond donors (Lipinski definition) is 0. The maximum Gasteiger partial charge on any atom is 0.134 e. The third-order valence-corrected chi connectivity index (χ3v) is 4.66. The first-order valence-corrected chi connectivity index (χ1v) is 11.1. The quantitative estimate of drug-likeness (QED) is 0.419. The molecular formula is C20H21Si+. The molecule has 0 aromatic heterocycles. The molecule has 0 spiro atoms. The molecule has 21 heavy (non-hydrogen) atoms. The van der Waals surface area contributed by atoms with Crippen molar-refractivity contribution in [3.05, 3.63) is 77.7 Å². The maximum atomic E-state index is 3.57. The summed E-state index contributed by atoms with van der Waals surface area (Å²) in [7, 11) is -1.32. The molecule has 1 saturated carbocycles. The smallest absolute Gasteiger partial charge is 0.130 e. The topological polar surface area (TPSA) is 0 Å². The minimum atomic E-state index is -1.32. The standard InChI is InChI=1S/C20H21Si/c1-21(2,3)15-14-18-19(16-10-6-4-7-11-16)20(18)17-12-8-5-9-13-17/h4-13,18-19H,1-3H3/q+1. The van der Waals surface area contributed by atoms with E-state index >= 15 is 0 Å². The van der Waals surface area contributed by atoms with Gasteiger partial charge >= 0.3 is 0 Å². The van der Waals surface area contributed by atoms with E-state index in [0.717, 1.165) is 0 Å². The lowest BCUT2D eigenvalue weighted by atomic mass is 10.0. The zero-order valence-electron chi connectivity index (χ0n) is 12.9. The second-order valence-corrected chi connectivity index (χ2v) is 11.5. The second kappa shape index (κ2) is 5.46. The van der Waals surface area contributed by atoms with E-state index in [-0.39, 0.29) is 0 Å². The molecule has 0 bridgehead atoms. The predicted octanol–water partition coefficient (Wildman–Crippen LogP) is 4.90. The molecule has 104 valence electrons. The fraction of sp³-hybridized carbons (Fsp3) is 0.250. The van der Waals surface area contributed by atoms with Gasteiger partial charge in [-0.15, -0.1) is 5.54 Å². The first-order chi connectivity index (χ1) is 10.1. The Bertz CT molecular complexity index is 610. The third kappa shape index (κ3) is 3.23. The Labute approximate surface area is 129 Å². The molecular weight excluding hydrogens is 268 g/mol. The van der Waals surface area contributed by atoms with Gasteiger partial charge in [0.25, 0.3) is 0 Å². The lowest BCUT2D eigenvalue weighted by molar-refractivity contribution is 1.04. The van der Waals surface area contributed by atoms with Gasteiger partial charge in [0.15, 0.2) is 0 Å². The van der Waals surface area contributed by atoms with Crippen LogP contribution >= 0.6 is 0 Å². The van der Waals surface area contributed by atoms with E-state index in [0.29, 0.717) is 11.8 Å². The largest absolute Gasteiger partial charge is 0.134 e. The van der Waals surface area contributed by atoms with Crippen LogP contribution in [0.3, 0.4) is 0 Å². The Hall–Kier alpha value is -1.91. The van der Waals surface area contributed by atoms with Gasteiger partial charge in [0.1, 0.15) is 19.6 Å². The zero-order valence-corrected chi connectivity index (χ0v) is 13.9. The summed E-state index contributed by atoms with van der Waals surface area (Å²) in [6, 6.07) is 21.5. The van der Waals surface area contributed by atoms with Gasteiger partial charge in [0.2, 0.25) is 0 Å². The van der Waals surface area contributed by atoms with Crippen LogP contribution in [-0.2, 0) is 0 Å². The summed E-state index contributed by atoms with van der Waals surface area (Å²) in [4.78, 5) is 0. The Morgan fingerprint density at radius 2 is 1.43 bits per heavy atom. The van der Waals surface area contributed by atoms with Gasteiger partial charge in [-0.25, -0.2) is 0 Å². The van der Waals surface area contributed by atoms with Crippen molar-refractivity contribution in [2.75, 3.05) is 0 Å². The van der Waals surface area contributed by atoms with Gasteiger partial charge in [-0.1, -0.05) is 55.9 Å².